The van der Waals surface area contributed by atoms with Crippen LogP contribution in [0.25, 0.3) is 0 Å². The van der Waals surface area contributed by atoms with Crippen LogP contribution >= 0.6 is 15.9 Å². The van der Waals surface area contributed by atoms with Crippen LogP contribution in [0.4, 0.5) is 4.39 Å². The molecule has 0 heterocycles. The van der Waals surface area contributed by atoms with E-state index < -0.39 is 0 Å². The minimum atomic E-state index is -0.321. The molecule has 2 rings (SSSR count). The van der Waals surface area contributed by atoms with Gasteiger partial charge in [0.1, 0.15) is 6.10 Å². The van der Waals surface area contributed by atoms with Gasteiger partial charge in [-0.05, 0) is 55.3 Å². The van der Waals surface area contributed by atoms with Crippen LogP contribution in [0.5, 0.6) is 5.75 Å². The lowest BCUT2D eigenvalue weighted by Crippen LogP contribution is -2.41. The van der Waals surface area contributed by atoms with Crippen molar-refractivity contribution in [3.05, 3.63) is 28.5 Å². The topological polar surface area (TPSA) is 35.2 Å². The van der Waals surface area contributed by atoms with E-state index in [1.54, 1.807) is 12.1 Å². The molecule has 4 heteroatoms. The quantitative estimate of drug-likeness (QED) is 0.846. The maximum atomic E-state index is 14.0. The first-order valence-electron chi connectivity index (χ1n) is 7.63. The Morgan fingerprint density at radius 3 is 2.62 bits per heavy atom. The summed E-state index contributed by atoms with van der Waals surface area (Å²) in [5.74, 6) is 0.907. The van der Waals surface area contributed by atoms with Gasteiger partial charge in [0.2, 0.25) is 0 Å². The first-order valence-corrected chi connectivity index (χ1v) is 8.42. The van der Waals surface area contributed by atoms with Gasteiger partial charge < -0.3 is 10.5 Å². The SMILES string of the molecule is CC(C)(C)C1CCC(CN)C(Oc2ccc(Br)cc2F)C1. The molecule has 3 unspecified atom stereocenters. The summed E-state index contributed by atoms with van der Waals surface area (Å²) in [4.78, 5) is 0. The number of hydrogen-bond donors (Lipinski definition) is 1. The fourth-order valence-electron chi connectivity index (χ4n) is 3.13. The van der Waals surface area contributed by atoms with Crippen molar-refractivity contribution < 1.29 is 9.13 Å². The number of ether oxygens (including phenoxy) is 1. The van der Waals surface area contributed by atoms with E-state index in [0.717, 1.165) is 17.3 Å². The molecule has 2 N–H and O–H groups in total. The summed E-state index contributed by atoms with van der Waals surface area (Å²) in [7, 11) is 0. The fraction of sp³-hybridized carbons (Fsp3) is 0.647. The Balaban J connectivity index is 2.14. The summed E-state index contributed by atoms with van der Waals surface area (Å²) >= 11 is 3.27. The summed E-state index contributed by atoms with van der Waals surface area (Å²) in [6, 6.07) is 4.94. The lowest BCUT2D eigenvalue weighted by molar-refractivity contribution is 0.0308. The number of rotatable bonds is 3. The first kappa shape index (κ1) is 16.8. The second kappa shape index (κ2) is 6.66. The highest BCUT2D eigenvalue weighted by Gasteiger charge is 2.36. The molecular formula is C17H25BrFNO. The number of hydrogen-bond acceptors (Lipinski definition) is 2. The molecule has 3 atom stereocenters. The summed E-state index contributed by atoms with van der Waals surface area (Å²) < 4.78 is 20.7. The smallest absolute Gasteiger partial charge is 0.166 e. The van der Waals surface area contributed by atoms with Crippen molar-refractivity contribution in [1.82, 2.24) is 0 Å². The van der Waals surface area contributed by atoms with Gasteiger partial charge in [-0.2, -0.15) is 0 Å². The molecule has 1 aliphatic carbocycles. The fourth-order valence-corrected chi connectivity index (χ4v) is 3.46. The second-order valence-corrected chi connectivity index (χ2v) is 8.02. The van der Waals surface area contributed by atoms with Crippen LogP contribution in [0.15, 0.2) is 22.7 Å². The van der Waals surface area contributed by atoms with Crippen LogP contribution < -0.4 is 10.5 Å². The van der Waals surface area contributed by atoms with Gasteiger partial charge in [-0.1, -0.05) is 36.7 Å². The molecule has 0 saturated heterocycles. The van der Waals surface area contributed by atoms with Gasteiger partial charge in [-0.25, -0.2) is 4.39 Å². The molecule has 1 aromatic rings. The van der Waals surface area contributed by atoms with Crippen LogP contribution in [0.3, 0.4) is 0 Å². The zero-order valence-electron chi connectivity index (χ0n) is 13.0. The Bertz CT molecular complexity index is 486. The van der Waals surface area contributed by atoms with E-state index >= 15 is 0 Å². The highest BCUT2D eigenvalue weighted by molar-refractivity contribution is 9.10. The van der Waals surface area contributed by atoms with Crippen LogP contribution in [0.2, 0.25) is 0 Å². The number of benzene rings is 1. The van der Waals surface area contributed by atoms with Crippen LogP contribution in [-0.4, -0.2) is 12.6 Å². The van der Waals surface area contributed by atoms with Gasteiger partial charge in [0.15, 0.2) is 11.6 Å². The summed E-state index contributed by atoms with van der Waals surface area (Å²) in [6.45, 7) is 7.38. The monoisotopic (exact) mass is 357 g/mol. The van der Waals surface area contributed by atoms with Crippen molar-refractivity contribution >= 4 is 15.9 Å². The third-order valence-corrected chi connectivity index (χ3v) is 5.12. The molecule has 118 valence electrons. The Labute approximate surface area is 135 Å². The van der Waals surface area contributed by atoms with Gasteiger partial charge in [0, 0.05) is 10.4 Å². The zero-order chi connectivity index (χ0) is 15.6. The molecular weight excluding hydrogens is 333 g/mol. The summed E-state index contributed by atoms with van der Waals surface area (Å²) in [6.07, 6.45) is 3.18. The standard InChI is InChI=1S/C17H25BrFNO/c1-17(2,3)12-5-4-11(10-20)16(8-12)21-15-7-6-13(18)9-14(15)19/h6-7,9,11-12,16H,4-5,8,10,20H2,1-3H3. The van der Waals surface area contributed by atoms with Gasteiger partial charge in [0.05, 0.1) is 0 Å². The molecule has 0 amide bonds. The Kier molecular flexibility index (Phi) is 5.31. The van der Waals surface area contributed by atoms with Crippen molar-refractivity contribution in [2.24, 2.45) is 23.0 Å². The van der Waals surface area contributed by atoms with Crippen molar-refractivity contribution in [3.63, 3.8) is 0 Å². The van der Waals surface area contributed by atoms with Crippen molar-refractivity contribution in [2.75, 3.05) is 6.54 Å². The Hall–Kier alpha value is -0.610. The van der Waals surface area contributed by atoms with Gasteiger partial charge >= 0.3 is 0 Å². The molecule has 0 spiro atoms. The van der Waals surface area contributed by atoms with E-state index in [9.17, 15) is 4.39 Å². The molecule has 21 heavy (non-hydrogen) atoms. The minimum absolute atomic E-state index is 0.00338. The molecule has 1 fully saturated rings. The molecule has 0 aliphatic heterocycles. The molecule has 0 aromatic heterocycles. The lowest BCUT2D eigenvalue weighted by Gasteiger charge is -2.41. The van der Waals surface area contributed by atoms with E-state index in [2.05, 4.69) is 36.7 Å². The highest BCUT2D eigenvalue weighted by Crippen LogP contribution is 2.41. The molecule has 0 bridgehead atoms. The van der Waals surface area contributed by atoms with E-state index in [0.29, 0.717) is 24.1 Å². The van der Waals surface area contributed by atoms with Crippen molar-refractivity contribution in [3.8, 4) is 5.75 Å². The van der Waals surface area contributed by atoms with Crippen LogP contribution in [-0.2, 0) is 0 Å². The maximum absolute atomic E-state index is 14.0. The molecule has 1 aromatic carbocycles. The lowest BCUT2D eigenvalue weighted by atomic mass is 9.68. The third kappa shape index (κ3) is 4.19. The summed E-state index contributed by atoms with van der Waals surface area (Å²) in [5.41, 5.74) is 6.13. The average molecular weight is 358 g/mol. The van der Waals surface area contributed by atoms with Gasteiger partial charge in [-0.15, -0.1) is 0 Å². The van der Waals surface area contributed by atoms with Crippen LogP contribution in [0, 0.1) is 23.1 Å². The van der Waals surface area contributed by atoms with Crippen molar-refractivity contribution in [1.29, 1.82) is 0 Å². The Morgan fingerprint density at radius 1 is 1.33 bits per heavy atom. The summed E-state index contributed by atoms with van der Waals surface area (Å²) in [5, 5.41) is 0. The molecule has 1 saturated carbocycles. The van der Waals surface area contributed by atoms with E-state index in [1.165, 1.54) is 12.5 Å². The van der Waals surface area contributed by atoms with E-state index in [-0.39, 0.29) is 17.3 Å². The van der Waals surface area contributed by atoms with Gasteiger partial charge in [0.25, 0.3) is 0 Å². The average Bonchev–Trinajstić information content (AvgIpc) is 2.41. The molecule has 1 aliphatic rings. The maximum Gasteiger partial charge on any atom is 0.166 e. The second-order valence-electron chi connectivity index (χ2n) is 7.10. The first-order chi connectivity index (χ1) is 9.81. The zero-order valence-corrected chi connectivity index (χ0v) is 14.6. The van der Waals surface area contributed by atoms with Crippen molar-refractivity contribution in [2.45, 2.75) is 46.1 Å². The largest absolute Gasteiger partial charge is 0.487 e. The highest BCUT2D eigenvalue weighted by atomic mass is 79.9. The minimum Gasteiger partial charge on any atom is -0.487 e. The van der Waals surface area contributed by atoms with E-state index in [1.807, 2.05) is 0 Å². The normalized spacial score (nSPS) is 26.7. The molecule has 2 nitrogen and oxygen atoms in total. The number of nitrogens with two attached hydrogens (primary N) is 1. The third-order valence-electron chi connectivity index (χ3n) is 4.63. The predicted molar refractivity (Wildman–Crippen MR) is 87.9 cm³/mol. The van der Waals surface area contributed by atoms with E-state index in [4.69, 9.17) is 10.5 Å². The predicted octanol–water partition coefficient (Wildman–Crippen LogP) is 4.76. The van der Waals surface area contributed by atoms with Gasteiger partial charge in [-0.3, -0.25) is 0 Å². The number of halogens is 2. The van der Waals surface area contributed by atoms with Crippen LogP contribution in [0.1, 0.15) is 40.0 Å². The Morgan fingerprint density at radius 2 is 2.05 bits per heavy atom. The molecule has 0 radical (unpaired) electrons.